The minimum Gasteiger partial charge on any atom is -0.478 e. The number of rotatable bonds is 5. The number of benzene rings is 2. The van der Waals surface area contributed by atoms with E-state index in [4.69, 9.17) is 20.7 Å². The SMILES string of the molecule is Nc1ccc(-c2cccs2)cc1NC(=O)c1ccc(C=CC(=O)O)cc1.O=C(O)C(F)(F)F. The van der Waals surface area contributed by atoms with E-state index in [1.807, 2.05) is 29.6 Å². The lowest BCUT2D eigenvalue weighted by atomic mass is 10.1. The van der Waals surface area contributed by atoms with Gasteiger partial charge < -0.3 is 21.3 Å². The summed E-state index contributed by atoms with van der Waals surface area (Å²) in [6.07, 6.45) is -2.57. The standard InChI is InChI=1S/C20H16N2O3S.C2HF3O2/c21-16-9-8-15(18-2-1-11-26-18)12-17(16)22-20(25)14-6-3-13(4-7-14)5-10-19(23)24;3-2(4,5)1(6)7/h1-12H,21H2,(H,22,25)(H,23,24);(H,6,7). The predicted molar refractivity (Wildman–Crippen MR) is 119 cm³/mol. The van der Waals surface area contributed by atoms with Crippen LogP contribution in [0.25, 0.3) is 16.5 Å². The largest absolute Gasteiger partial charge is 0.490 e. The molecule has 3 rings (SSSR count). The van der Waals surface area contributed by atoms with Crippen LogP contribution in [0.4, 0.5) is 24.5 Å². The molecule has 0 atom stereocenters. The van der Waals surface area contributed by atoms with Crippen molar-refractivity contribution >= 4 is 46.6 Å². The number of halogens is 3. The number of nitrogens with one attached hydrogen (secondary N) is 1. The topological polar surface area (TPSA) is 130 Å². The second-order valence-electron chi connectivity index (χ2n) is 6.33. The van der Waals surface area contributed by atoms with Gasteiger partial charge in [-0.25, -0.2) is 9.59 Å². The van der Waals surface area contributed by atoms with E-state index < -0.39 is 18.1 Å². The molecule has 0 spiro atoms. The number of carbonyl (C=O) groups excluding carboxylic acids is 1. The molecule has 172 valence electrons. The summed E-state index contributed by atoms with van der Waals surface area (Å²) >= 11 is 1.61. The summed E-state index contributed by atoms with van der Waals surface area (Å²) in [5, 5.41) is 20.6. The van der Waals surface area contributed by atoms with Gasteiger partial charge in [0, 0.05) is 16.5 Å². The summed E-state index contributed by atoms with van der Waals surface area (Å²) in [7, 11) is 0. The molecule has 0 aliphatic heterocycles. The third-order valence-electron chi connectivity index (χ3n) is 3.94. The van der Waals surface area contributed by atoms with Gasteiger partial charge in [-0.2, -0.15) is 13.2 Å². The number of thiophene rings is 1. The third kappa shape index (κ3) is 7.82. The van der Waals surface area contributed by atoms with Gasteiger partial charge in [-0.05, 0) is 52.9 Å². The van der Waals surface area contributed by atoms with Gasteiger partial charge in [0.05, 0.1) is 11.4 Å². The molecule has 0 aliphatic rings. The van der Waals surface area contributed by atoms with Crippen LogP contribution in [-0.4, -0.2) is 34.2 Å². The number of nitrogen functional groups attached to an aromatic ring is 1. The van der Waals surface area contributed by atoms with Crippen LogP contribution >= 0.6 is 11.3 Å². The Balaban J connectivity index is 0.000000479. The molecule has 3 aromatic rings. The van der Waals surface area contributed by atoms with Gasteiger partial charge in [-0.1, -0.05) is 24.3 Å². The minimum absolute atomic E-state index is 0.284. The maximum absolute atomic E-state index is 12.5. The smallest absolute Gasteiger partial charge is 0.478 e. The maximum Gasteiger partial charge on any atom is 0.490 e. The zero-order valence-corrected chi connectivity index (χ0v) is 17.5. The first-order chi connectivity index (χ1) is 15.5. The van der Waals surface area contributed by atoms with Crippen molar-refractivity contribution in [2.24, 2.45) is 0 Å². The zero-order chi connectivity index (χ0) is 24.6. The molecular formula is C22H17F3N2O5S. The number of anilines is 2. The molecular weight excluding hydrogens is 461 g/mol. The summed E-state index contributed by atoms with van der Waals surface area (Å²) in [6.45, 7) is 0. The molecule has 33 heavy (non-hydrogen) atoms. The Morgan fingerprint density at radius 3 is 2.15 bits per heavy atom. The van der Waals surface area contributed by atoms with Crippen LogP contribution in [0.15, 0.2) is 66.1 Å². The Morgan fingerprint density at radius 1 is 1.00 bits per heavy atom. The molecule has 0 aliphatic carbocycles. The van der Waals surface area contributed by atoms with E-state index in [9.17, 15) is 22.8 Å². The molecule has 0 saturated heterocycles. The average Bonchev–Trinajstić information content (AvgIpc) is 3.29. The second-order valence-corrected chi connectivity index (χ2v) is 7.28. The van der Waals surface area contributed by atoms with Crippen LogP contribution in [0.3, 0.4) is 0 Å². The summed E-state index contributed by atoms with van der Waals surface area (Å²) in [6, 6.07) is 16.1. The highest BCUT2D eigenvalue weighted by Gasteiger charge is 2.38. The van der Waals surface area contributed by atoms with Crippen molar-refractivity contribution in [2.75, 3.05) is 11.1 Å². The van der Waals surface area contributed by atoms with E-state index in [0.717, 1.165) is 16.5 Å². The summed E-state index contributed by atoms with van der Waals surface area (Å²) in [5.41, 5.74) is 9.16. The van der Waals surface area contributed by atoms with E-state index in [0.29, 0.717) is 22.5 Å². The first-order valence-corrected chi connectivity index (χ1v) is 9.91. The molecule has 0 unspecified atom stereocenters. The van der Waals surface area contributed by atoms with Crippen LogP contribution in [0, 0.1) is 0 Å². The molecule has 0 saturated carbocycles. The zero-order valence-electron chi connectivity index (χ0n) is 16.7. The Hall–Kier alpha value is -4.12. The number of nitrogens with two attached hydrogens (primary N) is 1. The van der Waals surface area contributed by atoms with Crippen molar-refractivity contribution in [3.05, 3.63) is 77.2 Å². The van der Waals surface area contributed by atoms with Crippen LogP contribution in [0.1, 0.15) is 15.9 Å². The molecule has 1 aromatic heterocycles. The highest BCUT2D eigenvalue weighted by molar-refractivity contribution is 7.13. The van der Waals surface area contributed by atoms with Crippen LogP contribution < -0.4 is 11.1 Å². The highest BCUT2D eigenvalue weighted by Crippen LogP contribution is 2.30. The number of alkyl halides is 3. The Kier molecular flexibility index (Phi) is 8.35. The van der Waals surface area contributed by atoms with Crippen molar-refractivity contribution < 1.29 is 37.8 Å². The Labute approximate surface area is 189 Å². The van der Waals surface area contributed by atoms with E-state index in [2.05, 4.69) is 5.32 Å². The van der Waals surface area contributed by atoms with Gasteiger partial charge in [-0.15, -0.1) is 11.3 Å². The van der Waals surface area contributed by atoms with Crippen LogP contribution in [-0.2, 0) is 9.59 Å². The van der Waals surface area contributed by atoms with Crippen LogP contribution in [0.5, 0.6) is 0 Å². The van der Waals surface area contributed by atoms with Gasteiger partial charge >= 0.3 is 18.1 Å². The Morgan fingerprint density at radius 2 is 1.64 bits per heavy atom. The average molecular weight is 478 g/mol. The lowest BCUT2D eigenvalue weighted by molar-refractivity contribution is -0.192. The quantitative estimate of drug-likeness (QED) is 0.302. The fourth-order valence-corrected chi connectivity index (χ4v) is 3.09. The molecule has 0 fully saturated rings. The van der Waals surface area contributed by atoms with Gasteiger partial charge in [0.15, 0.2) is 0 Å². The molecule has 1 heterocycles. The summed E-state index contributed by atoms with van der Waals surface area (Å²) in [5.74, 6) is -4.06. The maximum atomic E-state index is 12.5. The first kappa shape index (κ1) is 25.1. The number of amides is 1. The predicted octanol–water partition coefficient (Wildman–Crippen LogP) is 4.98. The van der Waals surface area contributed by atoms with Crippen molar-refractivity contribution in [3.8, 4) is 10.4 Å². The van der Waals surface area contributed by atoms with E-state index in [1.54, 1.807) is 41.7 Å². The van der Waals surface area contributed by atoms with Crippen molar-refractivity contribution in [1.82, 2.24) is 0 Å². The Bertz CT molecular complexity index is 1160. The van der Waals surface area contributed by atoms with Crippen LogP contribution in [0.2, 0.25) is 0 Å². The fraction of sp³-hybridized carbons (Fsp3) is 0.0455. The fourth-order valence-electron chi connectivity index (χ4n) is 2.37. The lowest BCUT2D eigenvalue weighted by Gasteiger charge is -2.10. The molecule has 5 N–H and O–H groups in total. The second kappa shape index (κ2) is 11.0. The van der Waals surface area contributed by atoms with Crippen molar-refractivity contribution in [1.29, 1.82) is 0 Å². The molecule has 0 radical (unpaired) electrons. The van der Waals surface area contributed by atoms with Gasteiger partial charge in [-0.3, -0.25) is 4.79 Å². The van der Waals surface area contributed by atoms with E-state index >= 15 is 0 Å². The summed E-state index contributed by atoms with van der Waals surface area (Å²) < 4.78 is 31.7. The lowest BCUT2D eigenvalue weighted by Crippen LogP contribution is -2.21. The molecule has 11 heteroatoms. The van der Waals surface area contributed by atoms with Gasteiger partial charge in [0.1, 0.15) is 0 Å². The number of carboxylic acid groups (broad SMARTS) is 2. The number of carboxylic acids is 2. The van der Waals surface area contributed by atoms with Crippen molar-refractivity contribution in [3.63, 3.8) is 0 Å². The summed E-state index contributed by atoms with van der Waals surface area (Å²) in [4.78, 5) is 33.0. The third-order valence-corrected chi connectivity index (χ3v) is 4.86. The first-order valence-electron chi connectivity index (χ1n) is 9.03. The number of carbonyl (C=O) groups is 3. The number of aliphatic carboxylic acids is 2. The van der Waals surface area contributed by atoms with Crippen molar-refractivity contribution in [2.45, 2.75) is 6.18 Å². The van der Waals surface area contributed by atoms with E-state index in [-0.39, 0.29) is 5.91 Å². The highest BCUT2D eigenvalue weighted by atomic mass is 32.1. The molecule has 7 nitrogen and oxygen atoms in total. The number of hydrogen-bond donors (Lipinski definition) is 4. The normalized spacial score (nSPS) is 10.9. The molecule has 0 bridgehead atoms. The molecule has 1 amide bonds. The molecule has 2 aromatic carbocycles. The minimum atomic E-state index is -5.08. The van der Waals surface area contributed by atoms with E-state index in [1.165, 1.54) is 6.08 Å². The van der Waals surface area contributed by atoms with Gasteiger partial charge in [0.25, 0.3) is 5.91 Å². The number of hydrogen-bond acceptors (Lipinski definition) is 5. The van der Waals surface area contributed by atoms with Gasteiger partial charge in [0.2, 0.25) is 0 Å². The monoisotopic (exact) mass is 478 g/mol.